The van der Waals surface area contributed by atoms with Crippen molar-refractivity contribution in [3.8, 4) is 0 Å². The Morgan fingerprint density at radius 1 is 1.70 bits per heavy atom. The van der Waals surface area contributed by atoms with Crippen molar-refractivity contribution >= 4 is 5.91 Å². The van der Waals surface area contributed by atoms with E-state index < -0.39 is 0 Å². The highest BCUT2D eigenvalue weighted by Gasteiger charge is 1.95. The Bertz CT molecular complexity index is 180. The number of hydrogen-bond acceptors (Lipinski definition) is 1. The van der Waals surface area contributed by atoms with Crippen LogP contribution in [-0.4, -0.2) is 5.91 Å². The smallest absolute Gasteiger partial charge is 0.244 e. The van der Waals surface area contributed by atoms with Gasteiger partial charge >= 0.3 is 0 Å². The van der Waals surface area contributed by atoms with E-state index in [4.69, 9.17) is 5.73 Å². The molecular weight excluding hydrogens is 126 g/mol. The first-order valence-electron chi connectivity index (χ1n) is 3.23. The van der Waals surface area contributed by atoms with Crippen molar-refractivity contribution in [2.45, 2.75) is 20.3 Å². The molecule has 0 aliphatic heterocycles. The van der Waals surface area contributed by atoms with Crippen molar-refractivity contribution in [2.75, 3.05) is 0 Å². The van der Waals surface area contributed by atoms with Crippen molar-refractivity contribution in [1.29, 1.82) is 0 Å². The molecule has 0 rings (SSSR count). The molecule has 0 radical (unpaired) electrons. The van der Waals surface area contributed by atoms with Crippen LogP contribution in [0.5, 0.6) is 0 Å². The normalized spacial score (nSPS) is 11.2. The van der Waals surface area contributed by atoms with Crippen LogP contribution in [0, 0.1) is 0 Å². The zero-order chi connectivity index (χ0) is 8.15. The molecular formula is C8H13NO. The number of carbonyl (C=O) groups excluding carboxylic acids is 1. The summed E-state index contributed by atoms with van der Waals surface area (Å²) in [4.78, 5) is 10.5. The Morgan fingerprint density at radius 3 is 2.50 bits per heavy atom. The zero-order valence-electron chi connectivity index (χ0n) is 6.48. The Morgan fingerprint density at radius 2 is 2.20 bits per heavy atom. The Hall–Kier alpha value is -1.05. The van der Waals surface area contributed by atoms with Crippen molar-refractivity contribution in [3.05, 3.63) is 23.8 Å². The molecule has 2 heteroatoms. The number of amides is 1. The van der Waals surface area contributed by atoms with E-state index in [-0.39, 0.29) is 5.91 Å². The average Bonchev–Trinajstić information content (AvgIpc) is 1.87. The predicted molar refractivity (Wildman–Crippen MR) is 42.4 cm³/mol. The molecule has 0 saturated heterocycles. The summed E-state index contributed by atoms with van der Waals surface area (Å²) >= 11 is 0. The van der Waals surface area contributed by atoms with E-state index in [1.165, 1.54) is 0 Å². The van der Waals surface area contributed by atoms with E-state index in [1.807, 2.05) is 6.92 Å². The van der Waals surface area contributed by atoms with Crippen LogP contribution in [0.4, 0.5) is 0 Å². The van der Waals surface area contributed by atoms with Crippen LogP contribution in [-0.2, 0) is 4.79 Å². The molecule has 0 aromatic heterocycles. The van der Waals surface area contributed by atoms with Gasteiger partial charge in [0, 0.05) is 5.57 Å². The number of rotatable bonds is 3. The number of hydrogen-bond donors (Lipinski definition) is 1. The van der Waals surface area contributed by atoms with Gasteiger partial charge in [-0.15, -0.1) is 0 Å². The molecule has 0 unspecified atom stereocenters. The lowest BCUT2D eigenvalue weighted by molar-refractivity contribution is -0.114. The quantitative estimate of drug-likeness (QED) is 0.466. The van der Waals surface area contributed by atoms with Gasteiger partial charge in [0.15, 0.2) is 0 Å². The molecule has 0 aliphatic carbocycles. The van der Waals surface area contributed by atoms with Gasteiger partial charge in [0.05, 0.1) is 0 Å². The Balaban J connectivity index is 4.16. The molecule has 2 nitrogen and oxygen atoms in total. The zero-order valence-corrected chi connectivity index (χ0v) is 6.48. The Kier molecular flexibility index (Phi) is 3.47. The van der Waals surface area contributed by atoms with Gasteiger partial charge in [-0.05, 0) is 13.3 Å². The topological polar surface area (TPSA) is 43.1 Å². The third kappa shape index (κ3) is 3.07. The van der Waals surface area contributed by atoms with Gasteiger partial charge in [0.1, 0.15) is 0 Å². The fourth-order valence-corrected chi connectivity index (χ4v) is 0.479. The SMILES string of the molecule is C=C(C=C(C)C(N)=O)CC. The molecule has 56 valence electrons. The fourth-order valence-electron chi connectivity index (χ4n) is 0.479. The van der Waals surface area contributed by atoms with E-state index in [9.17, 15) is 4.79 Å². The van der Waals surface area contributed by atoms with Gasteiger partial charge in [-0.25, -0.2) is 0 Å². The minimum atomic E-state index is -0.380. The maximum absolute atomic E-state index is 10.5. The monoisotopic (exact) mass is 139 g/mol. The highest BCUT2D eigenvalue weighted by molar-refractivity contribution is 5.91. The summed E-state index contributed by atoms with van der Waals surface area (Å²) in [7, 11) is 0. The average molecular weight is 139 g/mol. The summed E-state index contributed by atoms with van der Waals surface area (Å²) in [5.41, 5.74) is 6.48. The minimum absolute atomic E-state index is 0.380. The van der Waals surface area contributed by atoms with E-state index >= 15 is 0 Å². The molecule has 10 heavy (non-hydrogen) atoms. The highest BCUT2D eigenvalue weighted by Crippen LogP contribution is 2.02. The second kappa shape index (κ2) is 3.88. The summed E-state index contributed by atoms with van der Waals surface area (Å²) in [5, 5.41) is 0. The largest absolute Gasteiger partial charge is 0.366 e. The molecule has 0 spiro atoms. The molecule has 0 aromatic carbocycles. The fraction of sp³-hybridized carbons (Fsp3) is 0.375. The van der Waals surface area contributed by atoms with Crippen molar-refractivity contribution in [3.63, 3.8) is 0 Å². The standard InChI is InChI=1S/C8H13NO/c1-4-6(2)5-7(3)8(9)10/h5H,2,4H2,1,3H3,(H2,9,10). The van der Waals surface area contributed by atoms with Crippen molar-refractivity contribution < 1.29 is 4.79 Å². The summed E-state index contributed by atoms with van der Waals surface area (Å²) in [5.74, 6) is -0.380. The number of nitrogens with two attached hydrogens (primary N) is 1. The predicted octanol–water partition coefficient (Wildman–Crippen LogP) is 1.38. The first-order chi connectivity index (χ1) is 4.57. The second-order valence-corrected chi connectivity index (χ2v) is 2.20. The molecule has 0 aliphatic rings. The molecule has 2 N–H and O–H groups in total. The lowest BCUT2D eigenvalue weighted by atomic mass is 10.1. The first-order valence-corrected chi connectivity index (χ1v) is 3.23. The summed E-state index contributed by atoms with van der Waals surface area (Å²) in [6, 6.07) is 0. The van der Waals surface area contributed by atoms with E-state index in [0.29, 0.717) is 5.57 Å². The number of allylic oxidation sites excluding steroid dienone is 2. The lowest BCUT2D eigenvalue weighted by Crippen LogP contribution is -2.11. The number of carbonyl (C=O) groups is 1. The minimum Gasteiger partial charge on any atom is -0.366 e. The van der Waals surface area contributed by atoms with Gasteiger partial charge in [-0.1, -0.05) is 25.2 Å². The molecule has 0 heterocycles. The van der Waals surface area contributed by atoms with Gasteiger partial charge in [-0.2, -0.15) is 0 Å². The van der Waals surface area contributed by atoms with Crippen molar-refractivity contribution in [2.24, 2.45) is 5.73 Å². The summed E-state index contributed by atoms with van der Waals surface area (Å²) in [6.07, 6.45) is 2.56. The van der Waals surface area contributed by atoms with Crippen LogP contribution in [0.25, 0.3) is 0 Å². The highest BCUT2D eigenvalue weighted by atomic mass is 16.1. The molecule has 0 saturated carbocycles. The van der Waals surface area contributed by atoms with Crippen molar-refractivity contribution in [1.82, 2.24) is 0 Å². The van der Waals surface area contributed by atoms with Gasteiger partial charge in [0.25, 0.3) is 0 Å². The van der Waals surface area contributed by atoms with Crippen LogP contribution in [0.1, 0.15) is 20.3 Å². The van der Waals surface area contributed by atoms with Crippen LogP contribution in [0.3, 0.4) is 0 Å². The first kappa shape index (κ1) is 8.95. The summed E-state index contributed by atoms with van der Waals surface area (Å²) in [6.45, 7) is 7.37. The number of primary amides is 1. The Labute approximate surface area is 61.4 Å². The van der Waals surface area contributed by atoms with Gasteiger partial charge in [0.2, 0.25) is 5.91 Å². The lowest BCUT2D eigenvalue weighted by Gasteiger charge is -1.94. The molecule has 0 aromatic rings. The molecule has 0 bridgehead atoms. The maximum Gasteiger partial charge on any atom is 0.244 e. The molecule has 0 atom stereocenters. The van der Waals surface area contributed by atoms with E-state index in [0.717, 1.165) is 12.0 Å². The van der Waals surface area contributed by atoms with Crippen LogP contribution < -0.4 is 5.73 Å². The second-order valence-electron chi connectivity index (χ2n) is 2.20. The van der Waals surface area contributed by atoms with Crippen LogP contribution in [0.15, 0.2) is 23.8 Å². The van der Waals surface area contributed by atoms with E-state index in [2.05, 4.69) is 6.58 Å². The third-order valence-electron chi connectivity index (χ3n) is 1.26. The van der Waals surface area contributed by atoms with Gasteiger partial charge in [-0.3, -0.25) is 4.79 Å². The maximum atomic E-state index is 10.5. The third-order valence-corrected chi connectivity index (χ3v) is 1.26. The molecule has 0 fully saturated rings. The van der Waals surface area contributed by atoms with Gasteiger partial charge < -0.3 is 5.73 Å². The summed E-state index contributed by atoms with van der Waals surface area (Å²) < 4.78 is 0. The van der Waals surface area contributed by atoms with Crippen LogP contribution in [0.2, 0.25) is 0 Å². The van der Waals surface area contributed by atoms with E-state index in [1.54, 1.807) is 13.0 Å². The van der Waals surface area contributed by atoms with Crippen LogP contribution >= 0.6 is 0 Å². The molecule has 1 amide bonds.